The van der Waals surface area contributed by atoms with Crippen molar-refractivity contribution in [3.05, 3.63) is 48.4 Å². The number of nitrogens with one attached hydrogen (secondary N) is 1. The van der Waals surface area contributed by atoms with Gasteiger partial charge >= 0.3 is 0 Å². The Balaban J connectivity index is 1.38. The molecule has 0 unspecified atom stereocenters. The number of morpholine rings is 1. The summed E-state index contributed by atoms with van der Waals surface area (Å²) in [7, 11) is 0. The van der Waals surface area contributed by atoms with Crippen molar-refractivity contribution in [3.8, 4) is 10.4 Å². The molecule has 3 aromatic rings. The molecule has 130 valence electrons. The molecular formula is C18H20N4O2S. The third-order valence-corrected chi connectivity index (χ3v) is 5.31. The van der Waals surface area contributed by atoms with Crippen LogP contribution >= 0.6 is 11.3 Å². The van der Waals surface area contributed by atoms with Gasteiger partial charge in [-0.25, -0.2) is 4.98 Å². The van der Waals surface area contributed by atoms with Gasteiger partial charge in [0.05, 0.1) is 18.1 Å². The van der Waals surface area contributed by atoms with Gasteiger partial charge in [-0.15, -0.1) is 0 Å². The highest BCUT2D eigenvalue weighted by Gasteiger charge is 2.14. The van der Waals surface area contributed by atoms with Crippen LogP contribution in [-0.2, 0) is 4.74 Å². The minimum Gasteiger partial charge on any atom is -0.379 e. The average Bonchev–Trinajstić information content (AvgIpc) is 3.22. The molecule has 1 aliphatic rings. The van der Waals surface area contributed by atoms with Gasteiger partial charge in [0.1, 0.15) is 5.69 Å². The van der Waals surface area contributed by atoms with Gasteiger partial charge in [0.2, 0.25) is 0 Å². The van der Waals surface area contributed by atoms with E-state index < -0.39 is 0 Å². The zero-order valence-corrected chi connectivity index (χ0v) is 14.7. The fourth-order valence-corrected chi connectivity index (χ4v) is 3.86. The number of amides is 1. The average molecular weight is 356 g/mol. The normalized spacial score (nSPS) is 15.5. The van der Waals surface area contributed by atoms with E-state index in [2.05, 4.69) is 27.3 Å². The molecule has 1 aliphatic heterocycles. The van der Waals surface area contributed by atoms with E-state index in [1.54, 1.807) is 17.5 Å². The first-order valence-electron chi connectivity index (χ1n) is 8.42. The van der Waals surface area contributed by atoms with Gasteiger partial charge in [0.15, 0.2) is 4.96 Å². The molecule has 4 rings (SSSR count). The van der Waals surface area contributed by atoms with Gasteiger partial charge < -0.3 is 10.1 Å². The Morgan fingerprint density at radius 1 is 1.20 bits per heavy atom. The first-order valence-corrected chi connectivity index (χ1v) is 9.23. The summed E-state index contributed by atoms with van der Waals surface area (Å²) in [6.45, 7) is 4.87. The summed E-state index contributed by atoms with van der Waals surface area (Å²) in [5.74, 6) is -0.120. The van der Waals surface area contributed by atoms with E-state index in [0.717, 1.165) is 48.2 Å². The van der Waals surface area contributed by atoms with Gasteiger partial charge in [-0.2, -0.15) is 0 Å². The summed E-state index contributed by atoms with van der Waals surface area (Å²) < 4.78 is 7.24. The minimum atomic E-state index is -0.120. The molecule has 1 aromatic carbocycles. The van der Waals surface area contributed by atoms with Crippen LogP contribution in [0.1, 0.15) is 10.5 Å². The van der Waals surface area contributed by atoms with Crippen molar-refractivity contribution in [1.82, 2.24) is 19.6 Å². The SMILES string of the molecule is O=C(NCCN1CCOCC1)c1cn2cc(-c3ccccc3)sc2n1. The molecule has 3 heterocycles. The largest absolute Gasteiger partial charge is 0.379 e. The van der Waals surface area contributed by atoms with Crippen LogP contribution in [0.15, 0.2) is 42.7 Å². The van der Waals surface area contributed by atoms with Crippen molar-refractivity contribution >= 4 is 22.2 Å². The van der Waals surface area contributed by atoms with Gasteiger partial charge in [-0.1, -0.05) is 41.7 Å². The lowest BCUT2D eigenvalue weighted by Crippen LogP contribution is -2.41. The summed E-state index contributed by atoms with van der Waals surface area (Å²) in [5.41, 5.74) is 1.63. The van der Waals surface area contributed by atoms with E-state index in [9.17, 15) is 4.79 Å². The third-order valence-electron chi connectivity index (χ3n) is 4.26. The number of hydrogen-bond donors (Lipinski definition) is 1. The van der Waals surface area contributed by atoms with Crippen LogP contribution in [0.3, 0.4) is 0 Å². The van der Waals surface area contributed by atoms with Crippen LogP contribution in [0.5, 0.6) is 0 Å². The van der Waals surface area contributed by atoms with Crippen molar-refractivity contribution < 1.29 is 9.53 Å². The van der Waals surface area contributed by atoms with Gasteiger partial charge in [0, 0.05) is 38.6 Å². The van der Waals surface area contributed by atoms with Crippen LogP contribution < -0.4 is 5.32 Å². The van der Waals surface area contributed by atoms with E-state index in [4.69, 9.17) is 4.74 Å². The number of nitrogens with zero attached hydrogens (tertiary/aromatic N) is 3. The number of hydrogen-bond acceptors (Lipinski definition) is 5. The molecule has 0 atom stereocenters. The quantitative estimate of drug-likeness (QED) is 0.761. The fraction of sp³-hybridized carbons (Fsp3) is 0.333. The number of aromatic nitrogens is 2. The van der Waals surface area contributed by atoms with E-state index >= 15 is 0 Å². The van der Waals surface area contributed by atoms with Crippen LogP contribution in [-0.4, -0.2) is 59.6 Å². The molecule has 1 fully saturated rings. The Bertz CT molecular complexity index is 821. The molecule has 0 saturated carbocycles. The highest BCUT2D eigenvalue weighted by molar-refractivity contribution is 7.20. The lowest BCUT2D eigenvalue weighted by Gasteiger charge is -2.26. The zero-order valence-electron chi connectivity index (χ0n) is 13.9. The van der Waals surface area contributed by atoms with E-state index in [1.165, 1.54) is 0 Å². The Labute approximate surface area is 150 Å². The second-order valence-corrected chi connectivity index (χ2v) is 7.00. The summed E-state index contributed by atoms with van der Waals surface area (Å²) in [6.07, 6.45) is 3.81. The molecule has 1 saturated heterocycles. The molecule has 1 N–H and O–H groups in total. The Morgan fingerprint density at radius 2 is 2.00 bits per heavy atom. The van der Waals surface area contributed by atoms with Crippen LogP contribution in [0, 0.1) is 0 Å². The Hall–Kier alpha value is -2.22. The van der Waals surface area contributed by atoms with Crippen LogP contribution in [0.4, 0.5) is 0 Å². The van der Waals surface area contributed by atoms with Gasteiger partial charge in [0.25, 0.3) is 5.91 Å². The fourth-order valence-electron chi connectivity index (χ4n) is 2.88. The van der Waals surface area contributed by atoms with Gasteiger partial charge in [-0.05, 0) is 5.56 Å². The summed E-state index contributed by atoms with van der Waals surface area (Å²) >= 11 is 1.58. The monoisotopic (exact) mass is 356 g/mol. The lowest BCUT2D eigenvalue weighted by molar-refractivity contribution is 0.0383. The predicted molar refractivity (Wildman–Crippen MR) is 98.1 cm³/mol. The predicted octanol–water partition coefficient (Wildman–Crippen LogP) is 2.12. The number of imidazole rings is 1. The van der Waals surface area contributed by atoms with E-state index in [0.29, 0.717) is 12.2 Å². The maximum atomic E-state index is 12.3. The highest BCUT2D eigenvalue weighted by atomic mass is 32.1. The number of carbonyl (C=O) groups is 1. The molecule has 0 radical (unpaired) electrons. The molecular weight excluding hydrogens is 336 g/mol. The van der Waals surface area contributed by atoms with E-state index in [-0.39, 0.29) is 5.91 Å². The lowest BCUT2D eigenvalue weighted by atomic mass is 10.2. The second-order valence-electron chi connectivity index (χ2n) is 5.99. The van der Waals surface area contributed by atoms with Crippen molar-refractivity contribution in [1.29, 1.82) is 0 Å². The number of ether oxygens (including phenoxy) is 1. The minimum absolute atomic E-state index is 0.120. The molecule has 2 aromatic heterocycles. The summed E-state index contributed by atoms with van der Waals surface area (Å²) in [5, 5.41) is 2.95. The van der Waals surface area contributed by atoms with Crippen molar-refractivity contribution in [2.75, 3.05) is 39.4 Å². The summed E-state index contributed by atoms with van der Waals surface area (Å²) in [6, 6.07) is 10.2. The maximum Gasteiger partial charge on any atom is 0.271 e. The van der Waals surface area contributed by atoms with Crippen LogP contribution in [0.2, 0.25) is 0 Å². The third kappa shape index (κ3) is 3.73. The van der Waals surface area contributed by atoms with E-state index in [1.807, 2.05) is 28.8 Å². The van der Waals surface area contributed by atoms with Crippen molar-refractivity contribution in [2.45, 2.75) is 0 Å². The zero-order chi connectivity index (χ0) is 17.1. The van der Waals surface area contributed by atoms with Crippen LogP contribution in [0.25, 0.3) is 15.4 Å². The highest BCUT2D eigenvalue weighted by Crippen LogP contribution is 2.28. The molecule has 7 heteroatoms. The molecule has 0 bridgehead atoms. The number of fused-ring (bicyclic) bond motifs is 1. The standard InChI is InChI=1S/C18H20N4O2S/c23-17(19-6-7-21-8-10-24-11-9-21)15-12-22-13-16(25-18(22)20-15)14-4-2-1-3-5-14/h1-5,12-13H,6-11H2,(H,19,23). The molecule has 0 aliphatic carbocycles. The number of thiazole rings is 1. The van der Waals surface area contributed by atoms with Gasteiger partial charge in [-0.3, -0.25) is 14.1 Å². The topological polar surface area (TPSA) is 58.9 Å². The molecule has 0 spiro atoms. The smallest absolute Gasteiger partial charge is 0.271 e. The Kier molecular flexibility index (Phi) is 4.78. The second kappa shape index (κ2) is 7.35. The number of carbonyl (C=O) groups excluding carboxylic acids is 1. The first-order chi connectivity index (χ1) is 12.3. The first kappa shape index (κ1) is 16.3. The number of benzene rings is 1. The summed E-state index contributed by atoms with van der Waals surface area (Å²) in [4.78, 5) is 21.0. The Morgan fingerprint density at radius 3 is 2.76 bits per heavy atom. The molecule has 1 amide bonds. The molecule has 6 nitrogen and oxygen atoms in total. The maximum absolute atomic E-state index is 12.3. The number of rotatable bonds is 5. The molecule has 25 heavy (non-hydrogen) atoms. The van der Waals surface area contributed by atoms with Crippen molar-refractivity contribution in [3.63, 3.8) is 0 Å². The van der Waals surface area contributed by atoms with Crippen molar-refractivity contribution in [2.24, 2.45) is 0 Å².